The highest BCUT2D eigenvalue weighted by Gasteiger charge is 2.45. The molecule has 2 heteroatoms. The number of hydrogen-bond acceptors (Lipinski definition) is 1. The first-order valence-electron chi connectivity index (χ1n) is 9.81. The van der Waals surface area contributed by atoms with Gasteiger partial charge in [0.25, 0.3) is 0 Å². The second kappa shape index (κ2) is 7.74. The topological polar surface area (TPSA) is 9.23 Å². The van der Waals surface area contributed by atoms with Gasteiger partial charge in [-0.2, -0.15) is 0 Å². The summed E-state index contributed by atoms with van der Waals surface area (Å²) in [6.07, 6.45) is 6.59. The van der Waals surface area contributed by atoms with Crippen molar-refractivity contribution in [2.45, 2.75) is 106 Å². The summed E-state index contributed by atoms with van der Waals surface area (Å²) in [5.74, 6) is 2.25. The molecule has 1 aliphatic carbocycles. The highest BCUT2D eigenvalue weighted by Crippen LogP contribution is 2.51. The Balaban J connectivity index is 2.95. The van der Waals surface area contributed by atoms with Crippen molar-refractivity contribution >= 4 is 9.24 Å². The molecule has 0 aromatic rings. The van der Waals surface area contributed by atoms with Crippen molar-refractivity contribution in [2.75, 3.05) is 0 Å². The van der Waals surface area contributed by atoms with Gasteiger partial charge in [0, 0.05) is 0 Å². The van der Waals surface area contributed by atoms with Crippen LogP contribution in [0.2, 0.25) is 0 Å². The Hall–Kier alpha value is 0.390. The van der Waals surface area contributed by atoms with Crippen molar-refractivity contribution in [3.05, 3.63) is 0 Å². The molecular weight excluding hydrogens is 299 g/mol. The predicted octanol–water partition coefficient (Wildman–Crippen LogP) is 6.91. The molecule has 0 aromatic heterocycles. The van der Waals surface area contributed by atoms with Gasteiger partial charge in [0.2, 0.25) is 0 Å². The van der Waals surface area contributed by atoms with Crippen LogP contribution in [0.3, 0.4) is 0 Å². The Labute approximate surface area is 148 Å². The lowest BCUT2D eigenvalue weighted by molar-refractivity contribution is -0.118. The van der Waals surface area contributed by atoms with E-state index in [4.69, 9.17) is 4.74 Å². The van der Waals surface area contributed by atoms with Crippen molar-refractivity contribution in [3.63, 3.8) is 0 Å². The standard InChI is InChI=1S/C21H43OP/c1-10-15(3)20(7,8)16-12-13-18(22-21(9,23)11-2)17(14-16)19(4,5)6/h15-18H,10-14,23H2,1-9H3/t15-,16?,17?,18?,21?/m1/s1. The molecule has 0 aromatic carbocycles. The normalized spacial score (nSPS) is 30.8. The van der Waals surface area contributed by atoms with Crippen LogP contribution in [-0.2, 0) is 4.74 Å². The van der Waals surface area contributed by atoms with Crippen LogP contribution in [0.25, 0.3) is 0 Å². The van der Waals surface area contributed by atoms with Crippen LogP contribution in [0, 0.1) is 28.6 Å². The minimum Gasteiger partial charge on any atom is -0.368 e. The minimum atomic E-state index is -0.0762. The fourth-order valence-corrected chi connectivity index (χ4v) is 4.40. The maximum absolute atomic E-state index is 6.58. The van der Waals surface area contributed by atoms with E-state index in [1.165, 1.54) is 25.7 Å². The molecule has 0 saturated heterocycles. The summed E-state index contributed by atoms with van der Waals surface area (Å²) in [7, 11) is 2.93. The molecule has 138 valence electrons. The molecule has 0 bridgehead atoms. The molecule has 1 fully saturated rings. The van der Waals surface area contributed by atoms with E-state index in [1.807, 2.05) is 0 Å². The molecule has 1 nitrogen and oxygen atoms in total. The van der Waals surface area contributed by atoms with Crippen LogP contribution >= 0.6 is 9.24 Å². The highest BCUT2D eigenvalue weighted by atomic mass is 31.0. The quantitative estimate of drug-likeness (QED) is 0.477. The van der Waals surface area contributed by atoms with Crippen molar-refractivity contribution in [3.8, 4) is 0 Å². The van der Waals surface area contributed by atoms with Crippen LogP contribution in [-0.4, -0.2) is 11.4 Å². The molecule has 0 amide bonds. The van der Waals surface area contributed by atoms with Crippen molar-refractivity contribution in [1.29, 1.82) is 0 Å². The van der Waals surface area contributed by atoms with Gasteiger partial charge in [0.1, 0.15) is 0 Å². The Morgan fingerprint density at radius 2 is 1.61 bits per heavy atom. The molecule has 1 aliphatic rings. The monoisotopic (exact) mass is 342 g/mol. The summed E-state index contributed by atoms with van der Waals surface area (Å²) >= 11 is 0. The van der Waals surface area contributed by atoms with Crippen LogP contribution in [0.15, 0.2) is 0 Å². The Kier molecular flexibility index (Phi) is 7.21. The Morgan fingerprint density at radius 3 is 2.04 bits per heavy atom. The fraction of sp³-hybridized carbons (Fsp3) is 1.00. The molecule has 0 heterocycles. The van der Waals surface area contributed by atoms with Gasteiger partial charge in [-0.3, -0.25) is 0 Å². The van der Waals surface area contributed by atoms with E-state index < -0.39 is 0 Å². The third kappa shape index (κ3) is 5.43. The largest absolute Gasteiger partial charge is 0.368 e. The lowest BCUT2D eigenvalue weighted by atomic mass is 9.58. The van der Waals surface area contributed by atoms with Crippen LogP contribution in [0.1, 0.15) is 94.4 Å². The zero-order valence-corrected chi connectivity index (χ0v) is 18.5. The van der Waals surface area contributed by atoms with Crippen LogP contribution in [0.4, 0.5) is 0 Å². The van der Waals surface area contributed by atoms with Gasteiger partial charge in [0.15, 0.2) is 0 Å². The van der Waals surface area contributed by atoms with Gasteiger partial charge in [-0.1, -0.05) is 61.8 Å². The van der Waals surface area contributed by atoms with Gasteiger partial charge in [-0.25, -0.2) is 0 Å². The summed E-state index contributed by atoms with van der Waals surface area (Å²) in [5, 5.41) is -0.0762. The van der Waals surface area contributed by atoms with Crippen molar-refractivity contribution in [2.24, 2.45) is 28.6 Å². The first-order valence-corrected chi connectivity index (χ1v) is 10.4. The Morgan fingerprint density at radius 1 is 1.04 bits per heavy atom. The summed E-state index contributed by atoms with van der Waals surface area (Å²) in [4.78, 5) is 0. The average Bonchev–Trinajstić information content (AvgIpc) is 2.45. The summed E-state index contributed by atoms with van der Waals surface area (Å²) < 4.78 is 6.58. The third-order valence-corrected chi connectivity index (χ3v) is 7.50. The number of ether oxygens (including phenoxy) is 1. The predicted molar refractivity (Wildman–Crippen MR) is 107 cm³/mol. The van der Waals surface area contributed by atoms with E-state index in [-0.39, 0.29) is 5.34 Å². The van der Waals surface area contributed by atoms with E-state index in [2.05, 4.69) is 71.6 Å². The minimum absolute atomic E-state index is 0.0762. The average molecular weight is 343 g/mol. The van der Waals surface area contributed by atoms with Gasteiger partial charge >= 0.3 is 0 Å². The lowest BCUT2D eigenvalue weighted by Gasteiger charge is -2.50. The molecule has 0 radical (unpaired) electrons. The zero-order valence-electron chi connectivity index (χ0n) is 17.3. The number of rotatable bonds is 6. The third-order valence-electron chi connectivity index (χ3n) is 6.96. The SMILES string of the molecule is CC[C@@H](C)C(C)(C)C1CCC(OC(C)(P)CC)C(C(C)(C)C)C1. The summed E-state index contributed by atoms with van der Waals surface area (Å²) in [6.45, 7) is 21.4. The van der Waals surface area contributed by atoms with Gasteiger partial charge in [-0.15, -0.1) is 9.24 Å². The van der Waals surface area contributed by atoms with Gasteiger partial charge in [-0.05, 0) is 61.2 Å². The second-order valence-electron chi connectivity index (χ2n) is 9.94. The van der Waals surface area contributed by atoms with Crippen LogP contribution < -0.4 is 0 Å². The lowest BCUT2D eigenvalue weighted by Crippen LogP contribution is -2.46. The van der Waals surface area contributed by atoms with E-state index in [0.717, 1.165) is 18.3 Å². The first kappa shape index (κ1) is 21.4. The van der Waals surface area contributed by atoms with Gasteiger partial charge < -0.3 is 4.74 Å². The van der Waals surface area contributed by atoms with Crippen LogP contribution in [0.5, 0.6) is 0 Å². The maximum Gasteiger partial charge on any atom is 0.0786 e. The second-order valence-corrected chi connectivity index (χ2v) is 11.2. The fourth-order valence-electron chi connectivity index (χ4n) is 4.23. The summed E-state index contributed by atoms with van der Waals surface area (Å²) in [5.41, 5.74) is 0.738. The molecule has 1 rings (SSSR count). The zero-order chi connectivity index (χ0) is 18.1. The maximum atomic E-state index is 6.58. The molecule has 1 saturated carbocycles. The van der Waals surface area contributed by atoms with E-state index in [0.29, 0.717) is 22.9 Å². The smallest absolute Gasteiger partial charge is 0.0786 e. The first-order chi connectivity index (χ1) is 10.3. The summed E-state index contributed by atoms with van der Waals surface area (Å²) in [6, 6.07) is 0. The molecule has 0 N–H and O–H groups in total. The van der Waals surface area contributed by atoms with Gasteiger partial charge in [0.05, 0.1) is 11.4 Å². The van der Waals surface area contributed by atoms with Crippen molar-refractivity contribution < 1.29 is 4.74 Å². The number of hydrogen-bond donors (Lipinski definition) is 0. The van der Waals surface area contributed by atoms with E-state index >= 15 is 0 Å². The van der Waals surface area contributed by atoms with E-state index in [1.54, 1.807) is 0 Å². The molecule has 6 atom stereocenters. The van der Waals surface area contributed by atoms with E-state index in [9.17, 15) is 0 Å². The molecule has 23 heavy (non-hydrogen) atoms. The Bertz CT molecular complexity index is 367. The van der Waals surface area contributed by atoms with Crippen molar-refractivity contribution in [1.82, 2.24) is 0 Å². The molecular formula is C21H43OP. The molecule has 5 unspecified atom stereocenters. The molecule has 0 spiro atoms. The molecule has 0 aliphatic heterocycles. The highest BCUT2D eigenvalue weighted by molar-refractivity contribution is 7.18.